The van der Waals surface area contributed by atoms with Crippen LogP contribution in [0.5, 0.6) is 5.88 Å². The van der Waals surface area contributed by atoms with Crippen LogP contribution in [-0.2, 0) is 6.61 Å². The van der Waals surface area contributed by atoms with Gasteiger partial charge in [0.25, 0.3) is 5.91 Å². The maximum atomic E-state index is 14.1. The number of amides is 1. The van der Waals surface area contributed by atoms with Gasteiger partial charge in [-0.1, -0.05) is 18.2 Å². The lowest BCUT2D eigenvalue weighted by molar-refractivity contribution is 0.0962. The fraction of sp³-hybridized carbons (Fsp3) is 0.263. The van der Waals surface area contributed by atoms with Gasteiger partial charge < -0.3 is 15.4 Å². The molecular formula is C19H20FN3O2. The minimum Gasteiger partial charge on any atom is -0.473 e. The van der Waals surface area contributed by atoms with E-state index in [0.29, 0.717) is 11.4 Å². The first kappa shape index (κ1) is 17.1. The Bertz CT molecular complexity index is 805. The summed E-state index contributed by atoms with van der Waals surface area (Å²) >= 11 is 0. The number of pyridine rings is 1. The first-order valence-electron chi connectivity index (χ1n) is 8.18. The predicted octanol–water partition coefficient (Wildman–Crippen LogP) is 2.54. The summed E-state index contributed by atoms with van der Waals surface area (Å²) < 4.78 is 19.8. The van der Waals surface area contributed by atoms with Crippen molar-refractivity contribution in [1.29, 1.82) is 0 Å². The van der Waals surface area contributed by atoms with Gasteiger partial charge in [-0.3, -0.25) is 4.79 Å². The average molecular weight is 341 g/mol. The van der Waals surface area contributed by atoms with Crippen LogP contribution in [0, 0.1) is 5.82 Å². The van der Waals surface area contributed by atoms with Gasteiger partial charge in [-0.2, -0.15) is 0 Å². The molecule has 5 nitrogen and oxygen atoms in total. The molecule has 130 valence electrons. The molecule has 2 N–H and O–H groups in total. The summed E-state index contributed by atoms with van der Waals surface area (Å²) in [6.45, 7) is 1.82. The van der Waals surface area contributed by atoms with E-state index in [9.17, 15) is 9.18 Å². The number of halogens is 1. The molecular weight excluding hydrogens is 321 g/mol. The summed E-state index contributed by atoms with van der Waals surface area (Å²) in [4.78, 5) is 16.0. The van der Waals surface area contributed by atoms with Gasteiger partial charge in [-0.15, -0.1) is 0 Å². The molecule has 1 aliphatic rings. The summed E-state index contributed by atoms with van der Waals surface area (Å²) in [5, 5.41) is 5.73. The standard InChI is InChI=1S/C19H20FN3O2/c1-21-19(24)14-5-6-15(16(20)11-14)12-25-18-4-2-3-17(23-18)13-7-9-22-10-8-13/h2-7,11,22H,8-10,12H2,1H3,(H,21,24). The summed E-state index contributed by atoms with van der Waals surface area (Å²) in [5.41, 5.74) is 2.72. The van der Waals surface area contributed by atoms with Crippen LogP contribution in [0.1, 0.15) is 28.0 Å². The van der Waals surface area contributed by atoms with E-state index in [1.165, 1.54) is 18.7 Å². The maximum absolute atomic E-state index is 14.1. The van der Waals surface area contributed by atoms with Gasteiger partial charge in [0.15, 0.2) is 0 Å². The van der Waals surface area contributed by atoms with Gasteiger partial charge in [0.05, 0.1) is 5.69 Å². The second-order valence-electron chi connectivity index (χ2n) is 5.72. The van der Waals surface area contributed by atoms with Crippen LogP contribution in [0.4, 0.5) is 4.39 Å². The Labute approximate surface area is 145 Å². The zero-order valence-electron chi connectivity index (χ0n) is 14.0. The van der Waals surface area contributed by atoms with E-state index in [-0.39, 0.29) is 18.1 Å². The van der Waals surface area contributed by atoms with Crippen molar-refractivity contribution < 1.29 is 13.9 Å². The molecule has 0 radical (unpaired) electrons. The number of aromatic nitrogens is 1. The van der Waals surface area contributed by atoms with Gasteiger partial charge in [0.2, 0.25) is 5.88 Å². The van der Waals surface area contributed by atoms with Crippen LogP contribution >= 0.6 is 0 Å². The van der Waals surface area contributed by atoms with Crippen LogP contribution in [0.3, 0.4) is 0 Å². The second-order valence-corrected chi connectivity index (χ2v) is 5.72. The van der Waals surface area contributed by atoms with Crippen LogP contribution in [0.15, 0.2) is 42.5 Å². The lowest BCUT2D eigenvalue weighted by atomic mass is 10.1. The fourth-order valence-electron chi connectivity index (χ4n) is 2.63. The number of rotatable bonds is 5. The van der Waals surface area contributed by atoms with Crippen LogP contribution in [-0.4, -0.2) is 31.0 Å². The van der Waals surface area contributed by atoms with Crippen molar-refractivity contribution in [2.24, 2.45) is 0 Å². The molecule has 0 saturated carbocycles. The predicted molar refractivity (Wildman–Crippen MR) is 93.8 cm³/mol. The normalized spacial score (nSPS) is 13.9. The summed E-state index contributed by atoms with van der Waals surface area (Å²) in [5.74, 6) is -0.346. The van der Waals surface area contributed by atoms with E-state index in [1.807, 2.05) is 12.1 Å². The van der Waals surface area contributed by atoms with E-state index in [0.717, 1.165) is 25.2 Å². The Hall–Kier alpha value is -2.73. The molecule has 0 atom stereocenters. The highest BCUT2D eigenvalue weighted by atomic mass is 19.1. The smallest absolute Gasteiger partial charge is 0.251 e. The van der Waals surface area contributed by atoms with E-state index in [4.69, 9.17) is 4.74 Å². The molecule has 0 saturated heterocycles. The first-order chi connectivity index (χ1) is 12.2. The molecule has 1 aromatic carbocycles. The maximum Gasteiger partial charge on any atom is 0.251 e. The number of ether oxygens (including phenoxy) is 1. The lowest BCUT2D eigenvalue weighted by Gasteiger charge is -2.14. The van der Waals surface area contributed by atoms with E-state index < -0.39 is 5.82 Å². The molecule has 0 spiro atoms. The third-order valence-corrected chi connectivity index (χ3v) is 4.03. The van der Waals surface area contributed by atoms with Crippen LogP contribution in [0.2, 0.25) is 0 Å². The number of benzene rings is 1. The second kappa shape index (κ2) is 7.90. The molecule has 1 amide bonds. The number of nitrogens with zero attached hydrogens (tertiary/aromatic N) is 1. The van der Waals surface area contributed by atoms with Gasteiger partial charge in [0, 0.05) is 30.8 Å². The summed E-state index contributed by atoms with van der Waals surface area (Å²) in [7, 11) is 1.51. The Balaban J connectivity index is 1.69. The molecule has 2 heterocycles. The number of carbonyl (C=O) groups is 1. The molecule has 0 aliphatic carbocycles. The van der Waals surface area contributed by atoms with Gasteiger partial charge in [0.1, 0.15) is 12.4 Å². The van der Waals surface area contributed by atoms with Gasteiger partial charge >= 0.3 is 0 Å². The average Bonchev–Trinajstić information content (AvgIpc) is 2.67. The minimum absolute atomic E-state index is 0.0525. The summed E-state index contributed by atoms with van der Waals surface area (Å²) in [6.07, 6.45) is 3.04. The molecule has 25 heavy (non-hydrogen) atoms. The monoisotopic (exact) mass is 341 g/mol. The van der Waals surface area contributed by atoms with Gasteiger partial charge in [-0.25, -0.2) is 9.37 Å². The van der Waals surface area contributed by atoms with Crippen molar-refractivity contribution in [3.63, 3.8) is 0 Å². The van der Waals surface area contributed by atoms with Crippen molar-refractivity contribution in [2.45, 2.75) is 13.0 Å². The third-order valence-electron chi connectivity index (χ3n) is 4.03. The highest BCUT2D eigenvalue weighted by Crippen LogP contribution is 2.21. The van der Waals surface area contributed by atoms with Crippen molar-refractivity contribution in [3.05, 3.63) is 65.1 Å². The van der Waals surface area contributed by atoms with Crippen molar-refractivity contribution in [3.8, 4) is 5.88 Å². The summed E-state index contributed by atoms with van der Waals surface area (Å²) in [6, 6.07) is 9.92. The van der Waals surface area contributed by atoms with Crippen molar-refractivity contribution in [1.82, 2.24) is 15.6 Å². The number of nitrogens with one attached hydrogen (secondary N) is 2. The third kappa shape index (κ3) is 4.22. The van der Waals surface area contributed by atoms with Crippen molar-refractivity contribution >= 4 is 11.5 Å². The molecule has 6 heteroatoms. The molecule has 0 bridgehead atoms. The Morgan fingerprint density at radius 2 is 2.24 bits per heavy atom. The number of hydrogen-bond donors (Lipinski definition) is 2. The van der Waals surface area contributed by atoms with E-state index in [2.05, 4.69) is 21.7 Å². The van der Waals surface area contributed by atoms with Crippen LogP contribution in [0.25, 0.3) is 5.57 Å². The Kier molecular flexibility index (Phi) is 5.40. The largest absolute Gasteiger partial charge is 0.473 e. The zero-order chi connectivity index (χ0) is 17.6. The molecule has 2 aromatic rings. The minimum atomic E-state index is -0.474. The highest BCUT2D eigenvalue weighted by molar-refractivity contribution is 5.94. The molecule has 1 aromatic heterocycles. The molecule has 0 unspecified atom stereocenters. The van der Waals surface area contributed by atoms with Gasteiger partial charge in [-0.05, 0) is 36.7 Å². The topological polar surface area (TPSA) is 63.2 Å². The molecule has 3 rings (SSSR count). The lowest BCUT2D eigenvalue weighted by Crippen LogP contribution is -2.20. The van der Waals surface area contributed by atoms with E-state index >= 15 is 0 Å². The van der Waals surface area contributed by atoms with Crippen LogP contribution < -0.4 is 15.4 Å². The number of hydrogen-bond acceptors (Lipinski definition) is 4. The number of carbonyl (C=O) groups excluding carboxylic acids is 1. The highest BCUT2D eigenvalue weighted by Gasteiger charge is 2.11. The Morgan fingerprint density at radius 1 is 1.36 bits per heavy atom. The van der Waals surface area contributed by atoms with E-state index in [1.54, 1.807) is 18.2 Å². The first-order valence-corrected chi connectivity index (χ1v) is 8.18. The SMILES string of the molecule is CNC(=O)c1ccc(COc2cccc(C3=CCNCC3)n2)c(F)c1. The fourth-order valence-corrected chi connectivity index (χ4v) is 2.63. The Morgan fingerprint density at radius 3 is 2.96 bits per heavy atom. The quantitative estimate of drug-likeness (QED) is 0.877. The zero-order valence-corrected chi connectivity index (χ0v) is 14.0. The molecule has 1 aliphatic heterocycles. The molecule has 0 fully saturated rings. The van der Waals surface area contributed by atoms with Crippen molar-refractivity contribution in [2.75, 3.05) is 20.1 Å².